The molecule has 2 N–H and O–H groups in total. The number of likely N-dealkylation sites (tertiary alicyclic amines) is 1. The molecule has 2 aliphatic heterocycles. The molecule has 108 valence electrons. The van der Waals surface area contributed by atoms with Crippen LogP contribution in [0.4, 0.5) is 5.13 Å². The highest BCUT2D eigenvalue weighted by Gasteiger charge is 2.30. The Labute approximate surface area is 124 Å². The van der Waals surface area contributed by atoms with Crippen molar-refractivity contribution in [3.8, 4) is 0 Å². The normalized spacial score (nSPS) is 25.4. The third kappa shape index (κ3) is 3.81. The first-order chi connectivity index (χ1) is 8.81. The van der Waals surface area contributed by atoms with E-state index in [4.69, 9.17) is 10.5 Å². The van der Waals surface area contributed by atoms with E-state index in [9.17, 15) is 0 Å². The van der Waals surface area contributed by atoms with Crippen LogP contribution in [0.2, 0.25) is 0 Å². The van der Waals surface area contributed by atoms with Gasteiger partial charge < -0.3 is 10.5 Å². The predicted octanol–water partition coefficient (Wildman–Crippen LogP) is 2.40. The van der Waals surface area contributed by atoms with E-state index in [2.05, 4.69) is 9.88 Å². The maximum absolute atomic E-state index is 5.67. The largest absolute Gasteiger partial charge is 0.381 e. The summed E-state index contributed by atoms with van der Waals surface area (Å²) in [4.78, 5) is 7.96. The zero-order chi connectivity index (χ0) is 12.4. The number of hydrogen-bond donors (Lipinski definition) is 1. The summed E-state index contributed by atoms with van der Waals surface area (Å²) >= 11 is 1.62. The molecule has 0 radical (unpaired) electrons. The number of anilines is 1. The average molecular weight is 304 g/mol. The quantitative estimate of drug-likeness (QED) is 0.931. The first-order valence-corrected chi connectivity index (χ1v) is 7.63. The average Bonchev–Trinajstić information content (AvgIpc) is 3.01. The zero-order valence-electron chi connectivity index (χ0n) is 11.1. The second-order valence-electron chi connectivity index (χ2n) is 5.40. The Morgan fingerprint density at radius 1 is 1.32 bits per heavy atom. The molecule has 1 unspecified atom stereocenters. The van der Waals surface area contributed by atoms with E-state index >= 15 is 0 Å². The molecule has 2 aliphatic rings. The van der Waals surface area contributed by atoms with E-state index in [1.807, 2.05) is 6.20 Å². The van der Waals surface area contributed by atoms with Crippen molar-refractivity contribution in [2.45, 2.75) is 25.8 Å². The minimum absolute atomic E-state index is 0. The molecule has 0 saturated carbocycles. The lowest BCUT2D eigenvalue weighted by Gasteiger charge is -2.27. The Balaban J connectivity index is 0.00000133. The van der Waals surface area contributed by atoms with Gasteiger partial charge in [0.1, 0.15) is 0 Å². The first kappa shape index (κ1) is 15.0. The van der Waals surface area contributed by atoms with Gasteiger partial charge in [-0.1, -0.05) is 0 Å². The molecule has 2 fully saturated rings. The van der Waals surface area contributed by atoms with Gasteiger partial charge in [-0.25, -0.2) is 4.98 Å². The summed E-state index contributed by atoms with van der Waals surface area (Å²) in [5, 5.41) is 0.685. The van der Waals surface area contributed by atoms with Crippen LogP contribution in [-0.2, 0) is 11.3 Å². The number of nitrogen functional groups attached to an aromatic ring is 1. The Hall–Kier alpha value is -0.360. The van der Waals surface area contributed by atoms with E-state index in [0.717, 1.165) is 31.6 Å². The van der Waals surface area contributed by atoms with Gasteiger partial charge >= 0.3 is 0 Å². The topological polar surface area (TPSA) is 51.4 Å². The third-order valence-electron chi connectivity index (χ3n) is 4.19. The summed E-state index contributed by atoms with van der Waals surface area (Å²) in [5.41, 5.74) is 5.67. The van der Waals surface area contributed by atoms with Gasteiger partial charge in [-0.3, -0.25) is 4.90 Å². The molecule has 1 aromatic rings. The van der Waals surface area contributed by atoms with Crippen LogP contribution in [0.5, 0.6) is 0 Å². The van der Waals surface area contributed by atoms with Gasteiger partial charge in [-0.15, -0.1) is 23.7 Å². The number of nitrogens with two attached hydrogens (primary N) is 1. The minimum Gasteiger partial charge on any atom is -0.381 e. The van der Waals surface area contributed by atoms with Crippen LogP contribution < -0.4 is 5.73 Å². The van der Waals surface area contributed by atoms with Crippen molar-refractivity contribution in [3.05, 3.63) is 11.1 Å². The highest BCUT2D eigenvalue weighted by atomic mass is 35.5. The molecule has 3 rings (SSSR count). The van der Waals surface area contributed by atoms with Crippen LogP contribution in [0.25, 0.3) is 0 Å². The number of rotatable bonds is 3. The first-order valence-electron chi connectivity index (χ1n) is 6.81. The summed E-state index contributed by atoms with van der Waals surface area (Å²) in [6, 6.07) is 0. The summed E-state index contributed by atoms with van der Waals surface area (Å²) in [6.07, 6.45) is 5.78. The van der Waals surface area contributed by atoms with Gasteiger partial charge in [0.15, 0.2) is 5.13 Å². The number of aromatic nitrogens is 1. The summed E-state index contributed by atoms with van der Waals surface area (Å²) in [7, 11) is 0. The van der Waals surface area contributed by atoms with Crippen molar-refractivity contribution >= 4 is 28.9 Å². The molecule has 0 aromatic carbocycles. The second kappa shape index (κ2) is 6.88. The van der Waals surface area contributed by atoms with E-state index in [1.165, 1.54) is 37.2 Å². The fourth-order valence-corrected chi connectivity index (χ4v) is 3.92. The fourth-order valence-electron chi connectivity index (χ4n) is 3.19. The van der Waals surface area contributed by atoms with Crippen molar-refractivity contribution < 1.29 is 4.74 Å². The molecule has 3 heterocycles. The van der Waals surface area contributed by atoms with Crippen LogP contribution in [0.3, 0.4) is 0 Å². The third-order valence-corrected chi connectivity index (χ3v) is 5.00. The van der Waals surface area contributed by atoms with Crippen molar-refractivity contribution in [2.75, 3.05) is 32.0 Å². The van der Waals surface area contributed by atoms with Gasteiger partial charge in [0.2, 0.25) is 0 Å². The molecule has 1 aromatic heterocycles. The molecule has 0 amide bonds. The standard InChI is InChI=1S/C13H21N3OS.ClH/c14-13-15-7-12(18-13)9-16-4-1-11(8-16)10-2-5-17-6-3-10;/h7,10-11H,1-6,8-9H2,(H2,14,15);1H. The van der Waals surface area contributed by atoms with Crippen LogP contribution >= 0.6 is 23.7 Å². The molecule has 19 heavy (non-hydrogen) atoms. The van der Waals surface area contributed by atoms with Gasteiger partial charge in [-0.2, -0.15) is 0 Å². The van der Waals surface area contributed by atoms with Crippen molar-refractivity contribution in [1.82, 2.24) is 9.88 Å². The minimum atomic E-state index is 0. The highest BCUT2D eigenvalue weighted by Crippen LogP contribution is 2.32. The van der Waals surface area contributed by atoms with Gasteiger partial charge in [0.05, 0.1) is 0 Å². The van der Waals surface area contributed by atoms with E-state index in [0.29, 0.717) is 5.13 Å². The van der Waals surface area contributed by atoms with Gasteiger partial charge in [-0.05, 0) is 37.6 Å². The van der Waals surface area contributed by atoms with Crippen LogP contribution in [-0.4, -0.2) is 36.2 Å². The Morgan fingerprint density at radius 3 is 2.79 bits per heavy atom. The molecular weight excluding hydrogens is 282 g/mol. The van der Waals surface area contributed by atoms with Crippen LogP contribution in [0.15, 0.2) is 6.20 Å². The molecule has 0 spiro atoms. The molecule has 0 aliphatic carbocycles. The number of ether oxygens (including phenoxy) is 1. The van der Waals surface area contributed by atoms with Crippen molar-refractivity contribution in [2.24, 2.45) is 11.8 Å². The molecular formula is C13H22ClN3OS. The SMILES string of the molecule is Cl.Nc1ncc(CN2CCC(C3CCOCC3)C2)s1. The number of hydrogen-bond acceptors (Lipinski definition) is 5. The monoisotopic (exact) mass is 303 g/mol. The lowest BCUT2D eigenvalue weighted by molar-refractivity contribution is 0.0478. The van der Waals surface area contributed by atoms with Crippen molar-refractivity contribution in [3.63, 3.8) is 0 Å². The lowest BCUT2D eigenvalue weighted by Crippen LogP contribution is -2.26. The number of halogens is 1. The zero-order valence-corrected chi connectivity index (χ0v) is 12.7. The molecule has 2 saturated heterocycles. The maximum Gasteiger partial charge on any atom is 0.180 e. The smallest absolute Gasteiger partial charge is 0.180 e. The summed E-state index contributed by atoms with van der Waals surface area (Å²) in [6.45, 7) is 5.41. The maximum atomic E-state index is 5.67. The molecule has 0 bridgehead atoms. The molecule has 6 heteroatoms. The molecule has 1 atom stereocenters. The summed E-state index contributed by atoms with van der Waals surface area (Å²) < 4.78 is 5.45. The highest BCUT2D eigenvalue weighted by molar-refractivity contribution is 7.15. The number of nitrogens with zero attached hydrogens (tertiary/aromatic N) is 2. The predicted molar refractivity (Wildman–Crippen MR) is 80.7 cm³/mol. The van der Waals surface area contributed by atoms with Gasteiger partial charge in [0, 0.05) is 37.4 Å². The second-order valence-corrected chi connectivity index (χ2v) is 6.55. The van der Waals surface area contributed by atoms with Crippen LogP contribution in [0, 0.1) is 11.8 Å². The van der Waals surface area contributed by atoms with E-state index in [-0.39, 0.29) is 12.4 Å². The Morgan fingerprint density at radius 2 is 2.11 bits per heavy atom. The fraction of sp³-hybridized carbons (Fsp3) is 0.769. The molecule has 4 nitrogen and oxygen atoms in total. The summed E-state index contributed by atoms with van der Waals surface area (Å²) in [5.74, 6) is 1.76. The van der Waals surface area contributed by atoms with Gasteiger partial charge in [0.25, 0.3) is 0 Å². The van der Waals surface area contributed by atoms with Crippen molar-refractivity contribution in [1.29, 1.82) is 0 Å². The Kier molecular flexibility index (Phi) is 5.45. The van der Waals surface area contributed by atoms with E-state index in [1.54, 1.807) is 11.3 Å². The number of thiazole rings is 1. The van der Waals surface area contributed by atoms with E-state index < -0.39 is 0 Å². The van der Waals surface area contributed by atoms with Crippen LogP contribution in [0.1, 0.15) is 24.1 Å². The lowest BCUT2D eigenvalue weighted by atomic mass is 9.85. The Bertz CT molecular complexity index is 395.